The second kappa shape index (κ2) is 5.39. The monoisotopic (exact) mass is 313 g/mol. The fraction of sp³-hybridized carbons (Fsp3) is 0.500. The SMILES string of the molecule is Cc1ccc(C(=O)NCC2(CCBr)CC2)cc1F. The molecule has 0 saturated heterocycles. The molecule has 0 aliphatic heterocycles. The summed E-state index contributed by atoms with van der Waals surface area (Å²) in [6.45, 7) is 2.37. The number of rotatable bonds is 5. The van der Waals surface area contributed by atoms with Crippen molar-refractivity contribution in [2.45, 2.75) is 26.2 Å². The van der Waals surface area contributed by atoms with Crippen LogP contribution in [0.15, 0.2) is 18.2 Å². The van der Waals surface area contributed by atoms with Crippen molar-refractivity contribution in [3.05, 3.63) is 35.1 Å². The molecular formula is C14H17BrFNO. The van der Waals surface area contributed by atoms with Gasteiger partial charge in [-0.2, -0.15) is 0 Å². The van der Waals surface area contributed by atoms with Crippen LogP contribution in [0, 0.1) is 18.2 Å². The van der Waals surface area contributed by atoms with E-state index in [0.717, 1.165) is 11.8 Å². The van der Waals surface area contributed by atoms with Gasteiger partial charge in [-0.05, 0) is 49.3 Å². The maximum Gasteiger partial charge on any atom is 0.251 e. The van der Waals surface area contributed by atoms with E-state index in [1.54, 1.807) is 19.1 Å². The zero-order valence-electron chi connectivity index (χ0n) is 10.4. The molecule has 98 valence electrons. The Bertz CT molecular complexity index is 457. The van der Waals surface area contributed by atoms with E-state index in [9.17, 15) is 9.18 Å². The van der Waals surface area contributed by atoms with Crippen LogP contribution in [0.4, 0.5) is 4.39 Å². The predicted octanol–water partition coefficient (Wildman–Crippen LogP) is 3.43. The third-order valence-corrected chi connectivity index (χ3v) is 4.04. The highest BCUT2D eigenvalue weighted by atomic mass is 79.9. The molecule has 0 bridgehead atoms. The number of alkyl halides is 1. The molecule has 18 heavy (non-hydrogen) atoms. The van der Waals surface area contributed by atoms with Crippen molar-refractivity contribution in [3.63, 3.8) is 0 Å². The van der Waals surface area contributed by atoms with E-state index < -0.39 is 0 Å². The maximum absolute atomic E-state index is 13.4. The largest absolute Gasteiger partial charge is 0.351 e. The second-order valence-electron chi connectivity index (χ2n) is 5.09. The Kier molecular flexibility index (Phi) is 4.05. The van der Waals surface area contributed by atoms with Crippen LogP contribution in [-0.4, -0.2) is 17.8 Å². The van der Waals surface area contributed by atoms with Crippen LogP contribution in [0.3, 0.4) is 0 Å². The standard InChI is InChI=1S/C14H17BrFNO/c1-10-2-3-11(8-12(10)16)13(18)17-9-14(4-5-14)6-7-15/h2-3,8H,4-7,9H2,1H3,(H,17,18). The molecule has 1 saturated carbocycles. The molecule has 1 aromatic carbocycles. The Balaban J connectivity index is 1.93. The lowest BCUT2D eigenvalue weighted by Gasteiger charge is -2.14. The fourth-order valence-electron chi connectivity index (χ4n) is 2.00. The van der Waals surface area contributed by atoms with Crippen molar-refractivity contribution >= 4 is 21.8 Å². The first-order valence-corrected chi connectivity index (χ1v) is 7.29. The summed E-state index contributed by atoms with van der Waals surface area (Å²) in [4.78, 5) is 11.9. The van der Waals surface area contributed by atoms with Crippen LogP contribution in [0.2, 0.25) is 0 Å². The average molecular weight is 314 g/mol. The first-order valence-electron chi connectivity index (χ1n) is 6.17. The molecule has 0 spiro atoms. The van der Waals surface area contributed by atoms with Gasteiger partial charge in [0.15, 0.2) is 0 Å². The molecule has 2 rings (SSSR count). The molecule has 1 aliphatic rings. The van der Waals surface area contributed by atoms with Gasteiger partial charge >= 0.3 is 0 Å². The minimum absolute atomic E-state index is 0.185. The second-order valence-corrected chi connectivity index (χ2v) is 5.88. The van der Waals surface area contributed by atoms with Gasteiger partial charge in [-0.3, -0.25) is 4.79 Å². The normalized spacial score (nSPS) is 16.4. The molecule has 1 aromatic rings. The van der Waals surface area contributed by atoms with Gasteiger partial charge in [0, 0.05) is 17.4 Å². The van der Waals surface area contributed by atoms with Crippen LogP contribution in [0.25, 0.3) is 0 Å². The van der Waals surface area contributed by atoms with E-state index in [1.807, 2.05) is 0 Å². The van der Waals surface area contributed by atoms with Crippen molar-refractivity contribution in [3.8, 4) is 0 Å². The maximum atomic E-state index is 13.4. The number of hydrogen-bond acceptors (Lipinski definition) is 1. The van der Waals surface area contributed by atoms with Gasteiger partial charge in [-0.25, -0.2) is 4.39 Å². The molecule has 0 radical (unpaired) electrons. The van der Waals surface area contributed by atoms with Gasteiger partial charge in [-0.15, -0.1) is 0 Å². The Labute approximate surface area is 115 Å². The van der Waals surface area contributed by atoms with Crippen molar-refractivity contribution in [2.75, 3.05) is 11.9 Å². The summed E-state index contributed by atoms with van der Waals surface area (Å²) in [6, 6.07) is 4.60. The summed E-state index contributed by atoms with van der Waals surface area (Å²) in [5.41, 5.74) is 1.24. The lowest BCUT2D eigenvalue weighted by Crippen LogP contribution is -2.30. The van der Waals surface area contributed by atoms with Crippen LogP contribution in [-0.2, 0) is 0 Å². The smallest absolute Gasteiger partial charge is 0.251 e. The van der Waals surface area contributed by atoms with E-state index >= 15 is 0 Å². The minimum atomic E-state index is -0.329. The number of aryl methyl sites for hydroxylation is 1. The lowest BCUT2D eigenvalue weighted by atomic mass is 10.0. The Hall–Kier alpha value is -0.900. The molecule has 1 N–H and O–H groups in total. The van der Waals surface area contributed by atoms with Crippen LogP contribution in [0.5, 0.6) is 0 Å². The summed E-state index contributed by atoms with van der Waals surface area (Å²) < 4.78 is 13.4. The molecule has 4 heteroatoms. The highest BCUT2D eigenvalue weighted by Gasteiger charge is 2.41. The van der Waals surface area contributed by atoms with Gasteiger partial charge in [-0.1, -0.05) is 22.0 Å². The minimum Gasteiger partial charge on any atom is -0.351 e. The summed E-state index contributed by atoms with van der Waals surface area (Å²) in [5, 5.41) is 3.87. The number of carbonyl (C=O) groups is 1. The fourth-order valence-corrected chi connectivity index (χ4v) is 2.84. The number of halogens is 2. The zero-order chi connectivity index (χ0) is 13.2. The van der Waals surface area contributed by atoms with Gasteiger partial charge in [0.1, 0.15) is 5.82 Å². The molecule has 0 atom stereocenters. The van der Waals surface area contributed by atoms with Crippen molar-refractivity contribution in [1.29, 1.82) is 0 Å². The first kappa shape index (κ1) is 13.5. The number of carbonyl (C=O) groups excluding carboxylic acids is 1. The average Bonchev–Trinajstić information content (AvgIpc) is 3.11. The topological polar surface area (TPSA) is 29.1 Å². The molecule has 1 aliphatic carbocycles. The molecule has 1 amide bonds. The van der Waals surface area contributed by atoms with Gasteiger partial charge in [0.05, 0.1) is 0 Å². The molecule has 2 nitrogen and oxygen atoms in total. The van der Waals surface area contributed by atoms with E-state index in [-0.39, 0.29) is 17.1 Å². The third-order valence-electron chi connectivity index (χ3n) is 3.64. The Morgan fingerprint density at radius 2 is 2.22 bits per heavy atom. The summed E-state index contributed by atoms with van der Waals surface area (Å²) >= 11 is 3.43. The van der Waals surface area contributed by atoms with Gasteiger partial charge in [0.2, 0.25) is 0 Å². The van der Waals surface area contributed by atoms with Crippen LogP contribution >= 0.6 is 15.9 Å². The predicted molar refractivity (Wildman–Crippen MR) is 73.5 cm³/mol. The number of benzene rings is 1. The molecule has 0 aromatic heterocycles. The first-order chi connectivity index (χ1) is 8.56. The summed E-state index contributed by atoms with van der Waals surface area (Å²) in [7, 11) is 0. The number of hydrogen-bond donors (Lipinski definition) is 1. The Morgan fingerprint density at radius 3 is 2.78 bits per heavy atom. The third kappa shape index (κ3) is 3.10. The number of amides is 1. The lowest BCUT2D eigenvalue weighted by molar-refractivity contribution is 0.0944. The summed E-state index contributed by atoms with van der Waals surface area (Å²) in [6.07, 6.45) is 3.41. The van der Waals surface area contributed by atoms with Crippen molar-refractivity contribution in [1.82, 2.24) is 5.32 Å². The van der Waals surface area contributed by atoms with E-state index in [1.165, 1.54) is 18.9 Å². The van der Waals surface area contributed by atoms with Gasteiger partial charge in [0.25, 0.3) is 5.91 Å². The zero-order valence-corrected chi connectivity index (χ0v) is 12.0. The van der Waals surface area contributed by atoms with Crippen molar-refractivity contribution < 1.29 is 9.18 Å². The van der Waals surface area contributed by atoms with Crippen molar-refractivity contribution in [2.24, 2.45) is 5.41 Å². The van der Waals surface area contributed by atoms with Crippen LogP contribution < -0.4 is 5.32 Å². The Morgan fingerprint density at radius 1 is 1.50 bits per heavy atom. The van der Waals surface area contributed by atoms with E-state index in [4.69, 9.17) is 0 Å². The molecule has 0 unspecified atom stereocenters. The molecular weight excluding hydrogens is 297 g/mol. The highest BCUT2D eigenvalue weighted by molar-refractivity contribution is 9.09. The molecule has 0 heterocycles. The van der Waals surface area contributed by atoms with E-state index in [2.05, 4.69) is 21.2 Å². The summed E-state index contributed by atoms with van der Waals surface area (Å²) in [5.74, 6) is -0.515. The quantitative estimate of drug-likeness (QED) is 0.829. The number of nitrogens with one attached hydrogen (secondary N) is 1. The van der Waals surface area contributed by atoms with Crippen LogP contribution in [0.1, 0.15) is 35.2 Å². The van der Waals surface area contributed by atoms with E-state index in [0.29, 0.717) is 17.7 Å². The highest BCUT2D eigenvalue weighted by Crippen LogP contribution is 2.48. The van der Waals surface area contributed by atoms with Gasteiger partial charge < -0.3 is 5.32 Å². The molecule has 1 fully saturated rings.